The van der Waals surface area contributed by atoms with E-state index in [4.69, 9.17) is 15.0 Å². The molecule has 0 atom stereocenters. The zero-order valence-corrected chi connectivity index (χ0v) is 15.4. The van der Waals surface area contributed by atoms with Crippen molar-refractivity contribution in [2.45, 2.75) is 19.0 Å². The van der Waals surface area contributed by atoms with Gasteiger partial charge in [-0.1, -0.05) is 6.07 Å². The van der Waals surface area contributed by atoms with Gasteiger partial charge < -0.3 is 20.6 Å². The molecule has 0 aliphatic carbocycles. The van der Waals surface area contributed by atoms with Crippen molar-refractivity contribution in [2.75, 3.05) is 11.9 Å². The molecule has 3 aromatic rings. The Kier molecular flexibility index (Phi) is 7.23. The molecule has 0 spiro atoms. The average Bonchev–Trinajstić information content (AvgIpc) is 3.04. The molecule has 0 saturated carbocycles. The number of phenols is 1. The first kappa shape index (κ1) is 22.5. The van der Waals surface area contributed by atoms with Crippen molar-refractivity contribution in [3.8, 4) is 17.0 Å². The third kappa shape index (κ3) is 5.40. The number of hydrogen-bond donors (Lipinski definition) is 4. The fourth-order valence-corrected chi connectivity index (χ4v) is 2.74. The number of carboxylic acid groups (broad SMARTS) is 2. The van der Waals surface area contributed by atoms with Gasteiger partial charge in [0.1, 0.15) is 28.6 Å². The number of alkyl halides is 3. The van der Waals surface area contributed by atoms with E-state index in [-0.39, 0.29) is 48.8 Å². The second-order valence-corrected chi connectivity index (χ2v) is 5.99. The number of rotatable bonds is 6. The molecule has 3 rings (SSSR count). The zero-order chi connectivity index (χ0) is 22.3. The Balaban J connectivity index is 0.00000101. The minimum absolute atomic E-state index is 0.0227. The van der Waals surface area contributed by atoms with Crippen LogP contribution in [-0.4, -0.2) is 43.7 Å². The molecule has 2 heterocycles. The molecule has 0 aliphatic rings. The number of carbonyl (C=O) groups is 2. The highest BCUT2D eigenvalue weighted by Gasteiger charge is 2.35. The van der Waals surface area contributed by atoms with Gasteiger partial charge in [-0.15, -0.1) is 0 Å². The van der Waals surface area contributed by atoms with Crippen molar-refractivity contribution in [2.24, 2.45) is 0 Å². The monoisotopic (exact) mass is 425 g/mol. The Hall–Kier alpha value is -3.76. The Morgan fingerprint density at radius 3 is 2.37 bits per heavy atom. The maximum Gasteiger partial charge on any atom is 0.431 e. The molecule has 0 amide bonds. The van der Waals surface area contributed by atoms with Crippen LogP contribution in [0, 0.1) is 0 Å². The van der Waals surface area contributed by atoms with Gasteiger partial charge in [-0.2, -0.15) is 13.2 Å². The van der Waals surface area contributed by atoms with Crippen LogP contribution < -0.4 is 5.32 Å². The molecule has 0 saturated heterocycles. The molecule has 4 N–H and O–H groups in total. The molecular weight excluding hydrogens is 407 g/mol. The predicted octanol–water partition coefficient (Wildman–Crippen LogP) is 3.70. The summed E-state index contributed by atoms with van der Waals surface area (Å²) in [6.07, 6.45) is -4.46. The lowest BCUT2D eigenvalue weighted by molar-refractivity contribution is -0.142. The average molecular weight is 425 g/mol. The summed E-state index contributed by atoms with van der Waals surface area (Å²) in [6, 6.07) is 9.62. The van der Waals surface area contributed by atoms with E-state index in [9.17, 15) is 23.1 Å². The van der Waals surface area contributed by atoms with Gasteiger partial charge in [0.05, 0.1) is 0 Å². The Bertz CT molecular complexity index is 1020. The fraction of sp³-hybridized carbons (Fsp3) is 0.211. The lowest BCUT2D eigenvalue weighted by atomic mass is 10.1. The van der Waals surface area contributed by atoms with Gasteiger partial charge in [0.2, 0.25) is 0 Å². The highest BCUT2D eigenvalue weighted by molar-refractivity contribution is 5.77. The summed E-state index contributed by atoms with van der Waals surface area (Å²) in [5.41, 5.74) is 0.0132. The number of nitrogens with zero attached hydrogens (tertiary/aromatic N) is 2. The molecule has 0 bridgehead atoms. The summed E-state index contributed by atoms with van der Waals surface area (Å²) in [7, 11) is 0. The second kappa shape index (κ2) is 9.63. The summed E-state index contributed by atoms with van der Waals surface area (Å²) >= 11 is 0. The van der Waals surface area contributed by atoms with Crippen LogP contribution in [0.5, 0.6) is 5.75 Å². The number of nitrogens with one attached hydrogen (secondary N) is 1. The van der Waals surface area contributed by atoms with Gasteiger partial charge in [-0.05, 0) is 42.8 Å². The minimum Gasteiger partial charge on any atom is -0.508 e. The summed E-state index contributed by atoms with van der Waals surface area (Å²) in [5, 5.41) is 28.0. The van der Waals surface area contributed by atoms with Crippen LogP contribution in [0.1, 0.15) is 18.5 Å². The number of halogens is 3. The lowest BCUT2D eigenvalue weighted by Gasteiger charge is -2.14. The van der Waals surface area contributed by atoms with Gasteiger partial charge >= 0.3 is 12.1 Å². The third-order valence-electron chi connectivity index (χ3n) is 3.93. The molecule has 30 heavy (non-hydrogen) atoms. The normalized spacial score (nSPS) is 10.9. The smallest absolute Gasteiger partial charge is 0.431 e. The first-order valence-electron chi connectivity index (χ1n) is 8.60. The largest absolute Gasteiger partial charge is 0.508 e. The van der Waals surface area contributed by atoms with Gasteiger partial charge in [-0.25, -0.2) is 4.98 Å². The number of pyridine rings is 1. The number of fused-ring (bicyclic) bond motifs is 1. The van der Waals surface area contributed by atoms with E-state index in [0.717, 1.165) is 10.5 Å². The first-order chi connectivity index (χ1) is 14.2. The molecule has 0 unspecified atom stereocenters. The van der Waals surface area contributed by atoms with Crippen LogP contribution >= 0.6 is 0 Å². The Morgan fingerprint density at radius 1 is 1.17 bits per heavy atom. The molecule has 2 aromatic heterocycles. The maximum atomic E-state index is 13.5. The van der Waals surface area contributed by atoms with Crippen molar-refractivity contribution in [1.82, 2.24) is 9.38 Å². The van der Waals surface area contributed by atoms with Gasteiger partial charge in [0.15, 0.2) is 0 Å². The van der Waals surface area contributed by atoms with Gasteiger partial charge in [0, 0.05) is 18.5 Å². The summed E-state index contributed by atoms with van der Waals surface area (Å²) in [5.74, 6) is -0.840. The van der Waals surface area contributed by atoms with Gasteiger partial charge in [0.25, 0.3) is 6.47 Å². The maximum absolute atomic E-state index is 13.5. The number of aromatic nitrogens is 2. The highest BCUT2D eigenvalue weighted by atomic mass is 19.4. The lowest BCUT2D eigenvalue weighted by Crippen LogP contribution is -2.14. The Morgan fingerprint density at radius 2 is 1.80 bits per heavy atom. The van der Waals surface area contributed by atoms with Crippen LogP contribution in [0.25, 0.3) is 16.9 Å². The number of imidazole rings is 1. The zero-order valence-electron chi connectivity index (χ0n) is 15.4. The molecule has 8 nitrogen and oxygen atoms in total. The molecule has 0 aliphatic heterocycles. The van der Waals surface area contributed by atoms with Crippen LogP contribution in [-0.2, 0) is 15.8 Å². The van der Waals surface area contributed by atoms with Crippen LogP contribution in [0.2, 0.25) is 0 Å². The van der Waals surface area contributed by atoms with E-state index in [1.165, 1.54) is 24.3 Å². The van der Waals surface area contributed by atoms with E-state index in [0.29, 0.717) is 5.56 Å². The standard InChI is InChI=1S/C18H16F3N3O3.CH2O2/c19-18(20,21)13-3-1-4-14-23-16(11-6-8-12(25)9-7-11)17(24(13)14)22-10-2-5-15(26)27;2-1-3/h1,3-4,6-9,22,25H,2,5,10H2,(H,26,27);1H,(H,2,3). The summed E-state index contributed by atoms with van der Waals surface area (Å²) in [4.78, 5) is 23.3. The van der Waals surface area contributed by atoms with Crippen molar-refractivity contribution < 1.29 is 38.1 Å². The Labute approximate surface area is 168 Å². The molecule has 160 valence electrons. The fourth-order valence-electron chi connectivity index (χ4n) is 2.74. The number of anilines is 1. The van der Waals surface area contributed by atoms with Crippen LogP contribution in [0.4, 0.5) is 19.0 Å². The van der Waals surface area contributed by atoms with Crippen molar-refractivity contribution in [1.29, 1.82) is 0 Å². The van der Waals surface area contributed by atoms with E-state index in [1.54, 1.807) is 12.1 Å². The highest BCUT2D eigenvalue weighted by Crippen LogP contribution is 2.36. The van der Waals surface area contributed by atoms with E-state index < -0.39 is 17.8 Å². The number of phenolic OH excluding ortho intramolecular Hbond substituents is 1. The molecule has 0 fully saturated rings. The summed E-state index contributed by atoms with van der Waals surface area (Å²) in [6.45, 7) is -0.0859. The van der Waals surface area contributed by atoms with Crippen molar-refractivity contribution in [3.05, 3.63) is 48.2 Å². The van der Waals surface area contributed by atoms with Crippen molar-refractivity contribution >= 4 is 23.9 Å². The van der Waals surface area contributed by atoms with E-state index >= 15 is 0 Å². The topological polar surface area (TPSA) is 124 Å². The van der Waals surface area contributed by atoms with E-state index in [2.05, 4.69) is 10.3 Å². The number of hydrogen-bond acceptors (Lipinski definition) is 5. The molecule has 1 aromatic carbocycles. The summed E-state index contributed by atoms with van der Waals surface area (Å²) < 4.78 is 41.4. The van der Waals surface area contributed by atoms with Crippen LogP contribution in [0.15, 0.2) is 42.5 Å². The molecular formula is C19H18F3N3O5. The second-order valence-electron chi connectivity index (χ2n) is 5.99. The third-order valence-corrected chi connectivity index (χ3v) is 3.93. The quantitative estimate of drug-likeness (QED) is 0.351. The number of carboxylic acids is 1. The number of aromatic hydroxyl groups is 1. The number of aliphatic carboxylic acids is 1. The number of benzene rings is 1. The van der Waals surface area contributed by atoms with Crippen molar-refractivity contribution in [3.63, 3.8) is 0 Å². The molecule has 0 radical (unpaired) electrons. The van der Waals surface area contributed by atoms with E-state index in [1.807, 2.05) is 0 Å². The van der Waals surface area contributed by atoms with Crippen LogP contribution in [0.3, 0.4) is 0 Å². The molecule has 11 heteroatoms. The SMILES string of the molecule is O=C(O)CCCNc1c(-c2ccc(O)cc2)nc2cccc(C(F)(F)F)n12.O=CO. The predicted molar refractivity (Wildman–Crippen MR) is 101 cm³/mol. The van der Waals surface area contributed by atoms with Gasteiger partial charge in [-0.3, -0.25) is 14.0 Å². The minimum atomic E-state index is -4.59. The first-order valence-corrected chi connectivity index (χ1v) is 8.60.